The second kappa shape index (κ2) is 4.55. The molecule has 0 radical (unpaired) electrons. The number of pyridine rings is 1. The number of nitrogens with zero attached hydrogens (tertiary/aromatic N) is 2. The molecule has 2 unspecified atom stereocenters. The molecule has 0 spiro atoms. The highest BCUT2D eigenvalue weighted by molar-refractivity contribution is 6.11. The maximum absolute atomic E-state index is 12.2. The third kappa shape index (κ3) is 1.78. The Morgan fingerprint density at radius 2 is 1.91 bits per heavy atom. The first-order valence-electron chi connectivity index (χ1n) is 7.40. The van der Waals surface area contributed by atoms with Gasteiger partial charge in [-0.05, 0) is 23.8 Å². The molecule has 23 heavy (non-hydrogen) atoms. The van der Waals surface area contributed by atoms with E-state index in [-0.39, 0.29) is 25.3 Å². The first-order chi connectivity index (χ1) is 11.3. The number of fused-ring (bicyclic) bond motifs is 3. The summed E-state index contributed by atoms with van der Waals surface area (Å²) < 4.78 is 16.1. The van der Waals surface area contributed by atoms with E-state index >= 15 is 0 Å². The average molecular weight is 308 g/mol. The molecule has 0 bridgehead atoms. The van der Waals surface area contributed by atoms with Crippen molar-refractivity contribution in [1.29, 1.82) is 0 Å². The number of esters is 1. The minimum Gasteiger partial charge on any atom is -0.459 e. The zero-order valence-corrected chi connectivity index (χ0v) is 12.1. The van der Waals surface area contributed by atoms with Crippen LogP contribution in [0.4, 0.5) is 5.69 Å². The number of carbonyl (C=O) groups excluding carboxylic acids is 1. The first-order valence-corrected chi connectivity index (χ1v) is 7.40. The smallest absolute Gasteiger partial charge is 0.316 e. The van der Waals surface area contributed by atoms with Gasteiger partial charge < -0.3 is 14.2 Å². The number of carbonyl (C=O) groups is 1. The number of cyclic esters (lactones) is 1. The van der Waals surface area contributed by atoms with Gasteiger partial charge in [0.15, 0.2) is 11.5 Å². The van der Waals surface area contributed by atoms with Crippen molar-refractivity contribution in [2.45, 2.75) is 5.92 Å². The van der Waals surface area contributed by atoms with Crippen molar-refractivity contribution in [2.75, 3.05) is 13.4 Å². The van der Waals surface area contributed by atoms with E-state index in [0.29, 0.717) is 11.5 Å². The van der Waals surface area contributed by atoms with Gasteiger partial charge in [0.25, 0.3) is 0 Å². The van der Waals surface area contributed by atoms with E-state index in [0.717, 1.165) is 22.7 Å². The van der Waals surface area contributed by atoms with Crippen LogP contribution in [0.5, 0.6) is 11.5 Å². The molecule has 2 aromatic rings. The summed E-state index contributed by atoms with van der Waals surface area (Å²) in [5.41, 5.74) is 3.27. The molecule has 3 aliphatic heterocycles. The second-order valence-corrected chi connectivity index (χ2v) is 5.69. The number of benzene rings is 1. The number of aliphatic imine (C=N–C) groups is 1. The van der Waals surface area contributed by atoms with E-state index in [4.69, 9.17) is 14.2 Å². The van der Waals surface area contributed by atoms with Gasteiger partial charge in [0.1, 0.15) is 12.5 Å². The number of rotatable bonds is 1. The fraction of sp³-hybridized carbons (Fsp3) is 0.235. The molecule has 0 saturated carbocycles. The maximum atomic E-state index is 12.2. The Morgan fingerprint density at radius 3 is 2.74 bits per heavy atom. The zero-order chi connectivity index (χ0) is 15.4. The van der Waals surface area contributed by atoms with Crippen molar-refractivity contribution in [3.05, 3.63) is 47.8 Å². The summed E-state index contributed by atoms with van der Waals surface area (Å²) in [7, 11) is 0. The molecule has 1 fully saturated rings. The van der Waals surface area contributed by atoms with Crippen LogP contribution in [0.2, 0.25) is 0 Å². The van der Waals surface area contributed by atoms with Crippen LogP contribution in [0.25, 0.3) is 0 Å². The van der Waals surface area contributed by atoms with Crippen molar-refractivity contribution in [3.8, 4) is 11.5 Å². The molecule has 6 heteroatoms. The highest BCUT2D eigenvalue weighted by atomic mass is 16.7. The molecule has 2 atom stereocenters. The van der Waals surface area contributed by atoms with Crippen molar-refractivity contribution < 1.29 is 19.0 Å². The summed E-state index contributed by atoms with van der Waals surface area (Å²) in [5.74, 6) is 0.468. The van der Waals surface area contributed by atoms with Gasteiger partial charge in [-0.15, -0.1) is 0 Å². The van der Waals surface area contributed by atoms with Gasteiger partial charge >= 0.3 is 5.97 Å². The molecule has 6 nitrogen and oxygen atoms in total. The zero-order valence-electron chi connectivity index (χ0n) is 12.1. The molecular formula is C17H12N2O4. The second-order valence-electron chi connectivity index (χ2n) is 5.69. The molecule has 5 rings (SSSR count). The Balaban J connectivity index is 1.75. The topological polar surface area (TPSA) is 70.0 Å². The molecule has 0 amide bonds. The van der Waals surface area contributed by atoms with Gasteiger partial charge in [-0.3, -0.25) is 14.8 Å². The van der Waals surface area contributed by atoms with E-state index in [1.807, 2.05) is 30.3 Å². The van der Waals surface area contributed by atoms with Crippen molar-refractivity contribution in [1.82, 2.24) is 4.98 Å². The lowest BCUT2D eigenvalue weighted by Crippen LogP contribution is -2.28. The molecule has 1 aromatic carbocycles. The Labute approximate surface area is 131 Å². The molecule has 1 saturated heterocycles. The Hall–Kier alpha value is -2.89. The van der Waals surface area contributed by atoms with Crippen molar-refractivity contribution >= 4 is 17.4 Å². The quantitative estimate of drug-likeness (QED) is 0.755. The summed E-state index contributed by atoms with van der Waals surface area (Å²) in [5, 5.41) is 0. The fourth-order valence-corrected chi connectivity index (χ4v) is 3.41. The van der Waals surface area contributed by atoms with Crippen LogP contribution >= 0.6 is 0 Å². The molecule has 0 N–H and O–H groups in total. The lowest BCUT2D eigenvalue weighted by molar-refractivity contribution is -0.141. The minimum absolute atomic E-state index is 0.203. The van der Waals surface area contributed by atoms with Crippen LogP contribution in [0.1, 0.15) is 17.2 Å². The molecular weight excluding hydrogens is 296 g/mol. The van der Waals surface area contributed by atoms with Gasteiger partial charge in [-0.2, -0.15) is 0 Å². The van der Waals surface area contributed by atoms with Crippen molar-refractivity contribution in [3.63, 3.8) is 0 Å². The number of hydrogen-bond donors (Lipinski definition) is 0. The fourth-order valence-electron chi connectivity index (χ4n) is 3.41. The summed E-state index contributed by atoms with van der Waals surface area (Å²) in [6.07, 6.45) is 1.73. The summed E-state index contributed by atoms with van der Waals surface area (Å²) >= 11 is 0. The van der Waals surface area contributed by atoms with Crippen LogP contribution in [-0.2, 0) is 9.53 Å². The van der Waals surface area contributed by atoms with Crippen molar-refractivity contribution in [2.24, 2.45) is 10.9 Å². The van der Waals surface area contributed by atoms with Gasteiger partial charge in [0.05, 0.1) is 11.4 Å². The van der Waals surface area contributed by atoms with Crippen LogP contribution in [0.15, 0.2) is 41.5 Å². The van der Waals surface area contributed by atoms with Crippen LogP contribution in [0.3, 0.4) is 0 Å². The van der Waals surface area contributed by atoms with E-state index in [9.17, 15) is 4.79 Å². The van der Waals surface area contributed by atoms with Gasteiger partial charge in [-0.25, -0.2) is 0 Å². The molecule has 4 heterocycles. The number of ether oxygens (including phenoxy) is 3. The predicted molar refractivity (Wildman–Crippen MR) is 80.2 cm³/mol. The van der Waals surface area contributed by atoms with Gasteiger partial charge in [0, 0.05) is 23.9 Å². The summed E-state index contributed by atoms with van der Waals surface area (Å²) in [4.78, 5) is 21.3. The third-order valence-electron chi connectivity index (χ3n) is 4.44. The van der Waals surface area contributed by atoms with Crippen LogP contribution < -0.4 is 9.47 Å². The standard InChI is InChI=1S/C17H12N2O4/c20-17-16-12(7-21-17)19-11-6-14-13(22-8-23-14)5-9(11)15(16)10-3-1-2-4-18-10/h1-6,15-16H,7-8H2. The number of hydrogen-bond acceptors (Lipinski definition) is 6. The molecule has 3 aliphatic rings. The minimum atomic E-state index is -0.419. The highest BCUT2D eigenvalue weighted by Crippen LogP contribution is 2.48. The monoisotopic (exact) mass is 308 g/mol. The summed E-state index contributed by atoms with van der Waals surface area (Å²) in [6.45, 7) is 0.440. The SMILES string of the molecule is O=C1OCC2=Nc3cc4c(cc3C(c3ccccn3)C12)OCO4. The predicted octanol–water partition coefficient (Wildman–Crippen LogP) is 2.20. The Kier molecular flexibility index (Phi) is 2.50. The number of aromatic nitrogens is 1. The largest absolute Gasteiger partial charge is 0.459 e. The molecule has 1 aromatic heterocycles. The van der Waals surface area contributed by atoms with Crippen LogP contribution in [0, 0.1) is 5.92 Å². The Morgan fingerprint density at radius 1 is 1.04 bits per heavy atom. The highest BCUT2D eigenvalue weighted by Gasteiger charge is 2.45. The normalized spacial score (nSPS) is 23.8. The van der Waals surface area contributed by atoms with Crippen LogP contribution in [-0.4, -0.2) is 30.1 Å². The first kappa shape index (κ1) is 12.6. The molecule has 0 aliphatic carbocycles. The van der Waals surface area contributed by atoms with E-state index in [2.05, 4.69) is 9.98 Å². The lowest BCUT2D eigenvalue weighted by Gasteiger charge is -2.26. The molecule has 114 valence electrons. The van der Waals surface area contributed by atoms with Gasteiger partial charge in [-0.1, -0.05) is 6.07 Å². The van der Waals surface area contributed by atoms with Gasteiger partial charge in [0.2, 0.25) is 6.79 Å². The maximum Gasteiger partial charge on any atom is 0.316 e. The third-order valence-corrected chi connectivity index (χ3v) is 4.44. The average Bonchev–Trinajstić information content (AvgIpc) is 3.18. The Bertz CT molecular complexity index is 847. The van der Waals surface area contributed by atoms with E-state index < -0.39 is 5.92 Å². The summed E-state index contributed by atoms with van der Waals surface area (Å²) in [6, 6.07) is 9.46. The lowest BCUT2D eigenvalue weighted by atomic mass is 9.78. The van der Waals surface area contributed by atoms with E-state index in [1.165, 1.54) is 0 Å². The van der Waals surface area contributed by atoms with E-state index in [1.54, 1.807) is 6.20 Å².